The zero-order valence-corrected chi connectivity index (χ0v) is 13.4. The summed E-state index contributed by atoms with van der Waals surface area (Å²) in [6, 6.07) is 12.6. The van der Waals surface area contributed by atoms with Crippen molar-refractivity contribution in [3.05, 3.63) is 65.5 Å². The van der Waals surface area contributed by atoms with E-state index < -0.39 is 5.97 Å². The molecule has 0 fully saturated rings. The van der Waals surface area contributed by atoms with Gasteiger partial charge in [-0.3, -0.25) is 4.79 Å². The summed E-state index contributed by atoms with van der Waals surface area (Å²) in [6.45, 7) is 4.13. The van der Waals surface area contributed by atoms with Crippen molar-refractivity contribution in [3.8, 4) is 0 Å². The fraction of sp³-hybridized carbons (Fsp3) is 0.278. The first-order valence-electron chi connectivity index (χ1n) is 7.43. The molecule has 0 radical (unpaired) electrons. The van der Waals surface area contributed by atoms with Crippen LogP contribution >= 0.6 is 0 Å². The van der Waals surface area contributed by atoms with E-state index in [1.54, 1.807) is 11.9 Å². The zero-order valence-electron chi connectivity index (χ0n) is 13.4. The number of carboxylic acid groups (broad SMARTS) is 1. The number of hydrogen-bond donors (Lipinski definition) is 1. The minimum Gasteiger partial charge on any atom is -0.477 e. The van der Waals surface area contributed by atoms with Crippen LogP contribution in [0.4, 0.5) is 0 Å². The van der Waals surface area contributed by atoms with Crippen LogP contribution in [-0.2, 0) is 0 Å². The Morgan fingerprint density at radius 2 is 1.74 bits per heavy atom. The summed E-state index contributed by atoms with van der Waals surface area (Å²) in [7, 11) is 1.76. The largest absolute Gasteiger partial charge is 0.477 e. The van der Waals surface area contributed by atoms with E-state index in [1.807, 2.05) is 30.3 Å². The normalized spacial score (nSPS) is 12.0. The van der Waals surface area contributed by atoms with Gasteiger partial charge in [-0.25, -0.2) is 9.78 Å². The van der Waals surface area contributed by atoms with Gasteiger partial charge in [0, 0.05) is 13.2 Å². The highest BCUT2D eigenvalue weighted by atomic mass is 16.4. The summed E-state index contributed by atoms with van der Waals surface area (Å²) in [4.78, 5) is 29.0. The molecule has 0 spiro atoms. The number of aromatic nitrogens is 1. The maximum atomic E-state index is 12.7. The number of pyridine rings is 1. The van der Waals surface area contributed by atoms with Gasteiger partial charge in [-0.2, -0.15) is 0 Å². The lowest BCUT2D eigenvalue weighted by atomic mass is 9.94. The fourth-order valence-corrected chi connectivity index (χ4v) is 2.68. The van der Waals surface area contributed by atoms with E-state index in [0.717, 1.165) is 5.56 Å². The summed E-state index contributed by atoms with van der Waals surface area (Å²) >= 11 is 0. The number of rotatable bonds is 5. The van der Waals surface area contributed by atoms with Crippen LogP contribution in [0.5, 0.6) is 0 Å². The maximum Gasteiger partial charge on any atom is 0.354 e. The molecule has 0 aliphatic heterocycles. The van der Waals surface area contributed by atoms with E-state index in [2.05, 4.69) is 18.8 Å². The summed E-state index contributed by atoms with van der Waals surface area (Å²) in [5, 5.41) is 8.88. The maximum absolute atomic E-state index is 12.7. The van der Waals surface area contributed by atoms with E-state index in [9.17, 15) is 9.59 Å². The molecule has 1 atom stereocenters. The van der Waals surface area contributed by atoms with Gasteiger partial charge in [-0.15, -0.1) is 0 Å². The highest BCUT2D eigenvalue weighted by Gasteiger charge is 2.25. The lowest BCUT2D eigenvalue weighted by molar-refractivity contribution is 0.0674. The Balaban J connectivity index is 2.27. The molecule has 0 saturated carbocycles. The molecule has 0 bridgehead atoms. The molecule has 0 aliphatic carbocycles. The Labute approximate surface area is 135 Å². The van der Waals surface area contributed by atoms with Crippen molar-refractivity contribution in [3.63, 3.8) is 0 Å². The highest BCUT2D eigenvalue weighted by molar-refractivity contribution is 5.95. The second-order valence-electron chi connectivity index (χ2n) is 5.75. The predicted molar refractivity (Wildman–Crippen MR) is 87.3 cm³/mol. The van der Waals surface area contributed by atoms with Gasteiger partial charge in [0.15, 0.2) is 0 Å². The van der Waals surface area contributed by atoms with Crippen molar-refractivity contribution >= 4 is 11.9 Å². The third-order valence-corrected chi connectivity index (χ3v) is 3.74. The third kappa shape index (κ3) is 3.74. The Hall–Kier alpha value is -2.69. The lowest BCUT2D eigenvalue weighted by Gasteiger charge is -2.31. The van der Waals surface area contributed by atoms with Crippen LogP contribution in [0.15, 0.2) is 48.7 Å². The molecular weight excluding hydrogens is 292 g/mol. The summed E-state index contributed by atoms with van der Waals surface area (Å²) in [5.41, 5.74) is 1.36. The average Bonchev–Trinajstić information content (AvgIpc) is 2.55. The SMILES string of the molecule is CC(C)C(c1ccccc1)N(C)C(=O)c1ccc(C(=O)O)nc1. The first kappa shape index (κ1) is 16.7. The van der Waals surface area contributed by atoms with Crippen molar-refractivity contribution in [2.45, 2.75) is 19.9 Å². The second-order valence-corrected chi connectivity index (χ2v) is 5.75. The molecule has 1 heterocycles. The smallest absolute Gasteiger partial charge is 0.354 e. The number of carbonyl (C=O) groups excluding carboxylic acids is 1. The van der Waals surface area contributed by atoms with Crippen molar-refractivity contribution in [1.82, 2.24) is 9.88 Å². The van der Waals surface area contributed by atoms with E-state index in [-0.39, 0.29) is 23.6 Å². The Morgan fingerprint density at radius 1 is 1.09 bits per heavy atom. The molecule has 2 rings (SSSR count). The molecule has 1 amide bonds. The quantitative estimate of drug-likeness (QED) is 0.920. The standard InChI is InChI=1S/C18H20N2O3/c1-12(2)16(13-7-5-4-6-8-13)20(3)17(21)14-9-10-15(18(22)23)19-11-14/h4-12,16H,1-3H3,(H,22,23). The molecule has 1 N–H and O–H groups in total. The molecule has 5 heteroatoms. The molecule has 0 saturated heterocycles. The van der Waals surface area contributed by atoms with Gasteiger partial charge in [-0.1, -0.05) is 44.2 Å². The van der Waals surface area contributed by atoms with Crippen molar-refractivity contribution in [2.24, 2.45) is 5.92 Å². The Kier molecular flexibility index (Phi) is 5.11. The first-order chi connectivity index (χ1) is 10.9. The first-order valence-corrected chi connectivity index (χ1v) is 7.43. The number of carbonyl (C=O) groups is 2. The zero-order chi connectivity index (χ0) is 17.0. The minimum atomic E-state index is -1.11. The average molecular weight is 312 g/mol. The molecular formula is C18H20N2O3. The van der Waals surface area contributed by atoms with Crippen LogP contribution < -0.4 is 0 Å². The number of aromatic carboxylic acids is 1. The van der Waals surface area contributed by atoms with E-state index in [4.69, 9.17) is 5.11 Å². The fourth-order valence-electron chi connectivity index (χ4n) is 2.68. The number of benzene rings is 1. The van der Waals surface area contributed by atoms with Crippen LogP contribution in [0, 0.1) is 5.92 Å². The van der Waals surface area contributed by atoms with Gasteiger partial charge in [0.05, 0.1) is 11.6 Å². The van der Waals surface area contributed by atoms with Crippen LogP contribution in [-0.4, -0.2) is 33.9 Å². The molecule has 23 heavy (non-hydrogen) atoms. The molecule has 1 aromatic carbocycles. The molecule has 5 nitrogen and oxygen atoms in total. The number of nitrogens with zero attached hydrogens (tertiary/aromatic N) is 2. The van der Waals surface area contributed by atoms with E-state index in [1.165, 1.54) is 18.3 Å². The monoisotopic (exact) mass is 312 g/mol. The van der Waals surface area contributed by atoms with Gasteiger partial charge in [0.25, 0.3) is 5.91 Å². The summed E-state index contributed by atoms with van der Waals surface area (Å²) in [6.07, 6.45) is 1.31. The second kappa shape index (κ2) is 7.05. The minimum absolute atomic E-state index is 0.0668. The van der Waals surface area contributed by atoms with Crippen LogP contribution in [0.2, 0.25) is 0 Å². The topological polar surface area (TPSA) is 70.5 Å². The molecule has 120 valence electrons. The predicted octanol–water partition coefficient (Wildman–Crippen LogP) is 3.25. The van der Waals surface area contributed by atoms with E-state index >= 15 is 0 Å². The van der Waals surface area contributed by atoms with Crippen LogP contribution in [0.25, 0.3) is 0 Å². The third-order valence-electron chi connectivity index (χ3n) is 3.74. The van der Waals surface area contributed by atoms with Gasteiger partial charge >= 0.3 is 5.97 Å². The molecule has 2 aromatic rings. The number of hydrogen-bond acceptors (Lipinski definition) is 3. The molecule has 0 aliphatic rings. The Bertz CT molecular complexity index is 681. The van der Waals surface area contributed by atoms with Gasteiger partial charge in [-0.05, 0) is 23.6 Å². The number of amides is 1. The Morgan fingerprint density at radius 3 is 2.22 bits per heavy atom. The van der Waals surface area contributed by atoms with Crippen molar-refractivity contribution < 1.29 is 14.7 Å². The highest BCUT2D eigenvalue weighted by Crippen LogP contribution is 2.28. The van der Waals surface area contributed by atoms with Gasteiger partial charge in [0.1, 0.15) is 5.69 Å². The summed E-state index contributed by atoms with van der Waals surface area (Å²) in [5.74, 6) is -1.06. The lowest BCUT2D eigenvalue weighted by Crippen LogP contribution is -2.34. The number of carboxylic acids is 1. The van der Waals surface area contributed by atoms with Crippen molar-refractivity contribution in [1.29, 1.82) is 0 Å². The van der Waals surface area contributed by atoms with Gasteiger partial charge < -0.3 is 10.0 Å². The van der Waals surface area contributed by atoms with Crippen LogP contribution in [0.1, 0.15) is 46.3 Å². The summed E-state index contributed by atoms with van der Waals surface area (Å²) < 4.78 is 0. The molecule has 1 unspecified atom stereocenters. The van der Waals surface area contributed by atoms with Gasteiger partial charge in [0.2, 0.25) is 0 Å². The van der Waals surface area contributed by atoms with Crippen molar-refractivity contribution in [2.75, 3.05) is 7.05 Å². The van der Waals surface area contributed by atoms with E-state index in [0.29, 0.717) is 5.56 Å². The van der Waals surface area contributed by atoms with Crippen LogP contribution in [0.3, 0.4) is 0 Å². The molecule has 1 aromatic heterocycles.